The Hall–Kier alpha value is -1.03. The average molecular weight is 209 g/mol. The minimum Gasteiger partial charge on any atom is -0.394 e. The molecule has 1 saturated carbocycles. The lowest BCUT2D eigenvalue weighted by atomic mass is 9.89. The quantitative estimate of drug-likeness (QED) is 0.781. The first-order valence-electron chi connectivity index (χ1n) is 5.55. The van der Waals surface area contributed by atoms with Crippen LogP contribution >= 0.6 is 0 Å². The number of hydrogen-bond donors (Lipinski definition) is 2. The third-order valence-corrected chi connectivity index (χ3v) is 3.53. The number of aromatic nitrogens is 2. The van der Waals surface area contributed by atoms with Crippen LogP contribution in [0.25, 0.3) is 0 Å². The van der Waals surface area contributed by atoms with E-state index in [0.29, 0.717) is 18.3 Å². The van der Waals surface area contributed by atoms with Crippen molar-refractivity contribution in [2.45, 2.75) is 38.6 Å². The minimum absolute atomic E-state index is 0.0833. The van der Waals surface area contributed by atoms with Gasteiger partial charge in [0.25, 0.3) is 0 Å². The molecule has 0 atom stereocenters. The lowest BCUT2D eigenvalue weighted by Crippen LogP contribution is -2.16. The molecule has 1 aliphatic carbocycles. The zero-order valence-electron chi connectivity index (χ0n) is 9.40. The predicted octanol–water partition coefficient (Wildman–Crippen LogP) is 1.15. The summed E-state index contributed by atoms with van der Waals surface area (Å²) in [4.78, 5) is 0. The molecule has 1 aromatic heterocycles. The second kappa shape index (κ2) is 3.52. The number of nitrogen functional groups attached to an aromatic ring is 1. The fourth-order valence-corrected chi connectivity index (χ4v) is 2.21. The Bertz CT molecular complexity index is 353. The molecule has 0 unspecified atom stereocenters. The second-order valence-corrected chi connectivity index (χ2v) is 4.71. The molecule has 3 N–H and O–H groups in total. The van der Waals surface area contributed by atoms with Crippen LogP contribution in [0.5, 0.6) is 0 Å². The topological polar surface area (TPSA) is 64.1 Å². The fraction of sp³-hybridized carbons (Fsp3) is 0.727. The number of nitrogens with zero attached hydrogens (tertiary/aromatic N) is 2. The van der Waals surface area contributed by atoms with Gasteiger partial charge in [0.1, 0.15) is 5.82 Å². The normalized spacial score (nSPS) is 18.4. The molecule has 15 heavy (non-hydrogen) atoms. The molecule has 0 amide bonds. The SMILES string of the molecule is CC(C)C1(c2cc(N)n(CCO)n2)CC1. The monoisotopic (exact) mass is 209 g/mol. The van der Waals surface area contributed by atoms with Gasteiger partial charge in [-0.1, -0.05) is 13.8 Å². The molecule has 1 aliphatic rings. The third-order valence-electron chi connectivity index (χ3n) is 3.53. The Balaban J connectivity index is 2.26. The molecule has 0 aliphatic heterocycles. The maximum atomic E-state index is 8.86. The standard InChI is InChI=1S/C11H19N3O/c1-8(2)11(3-4-11)9-7-10(12)14(13-9)5-6-15/h7-8,15H,3-6,12H2,1-2H3. The summed E-state index contributed by atoms with van der Waals surface area (Å²) in [6.07, 6.45) is 2.42. The highest BCUT2D eigenvalue weighted by molar-refractivity contribution is 5.37. The van der Waals surface area contributed by atoms with Gasteiger partial charge < -0.3 is 10.8 Å². The van der Waals surface area contributed by atoms with Crippen LogP contribution in [-0.2, 0) is 12.0 Å². The van der Waals surface area contributed by atoms with Crippen molar-refractivity contribution in [3.63, 3.8) is 0 Å². The number of aliphatic hydroxyl groups excluding tert-OH is 1. The van der Waals surface area contributed by atoms with E-state index in [1.165, 1.54) is 12.8 Å². The second-order valence-electron chi connectivity index (χ2n) is 4.71. The summed E-state index contributed by atoms with van der Waals surface area (Å²) in [5.41, 5.74) is 7.20. The van der Waals surface area contributed by atoms with Crippen LogP contribution in [-0.4, -0.2) is 21.5 Å². The Morgan fingerprint density at radius 1 is 1.60 bits per heavy atom. The first kappa shape index (κ1) is 10.5. The van der Waals surface area contributed by atoms with Gasteiger partial charge in [-0.2, -0.15) is 5.10 Å². The Morgan fingerprint density at radius 3 is 2.73 bits per heavy atom. The van der Waals surface area contributed by atoms with Crippen molar-refractivity contribution in [2.75, 3.05) is 12.3 Å². The van der Waals surface area contributed by atoms with Gasteiger partial charge in [0.2, 0.25) is 0 Å². The van der Waals surface area contributed by atoms with Gasteiger partial charge in [0.05, 0.1) is 18.8 Å². The van der Waals surface area contributed by atoms with Gasteiger partial charge in [0.15, 0.2) is 0 Å². The van der Waals surface area contributed by atoms with Crippen LogP contribution in [0.2, 0.25) is 0 Å². The molecule has 0 bridgehead atoms. The average Bonchev–Trinajstić information content (AvgIpc) is 2.90. The van der Waals surface area contributed by atoms with E-state index in [1.807, 2.05) is 6.07 Å². The van der Waals surface area contributed by atoms with E-state index in [0.717, 1.165) is 5.69 Å². The van der Waals surface area contributed by atoms with Crippen molar-refractivity contribution in [2.24, 2.45) is 5.92 Å². The minimum atomic E-state index is 0.0833. The fourth-order valence-electron chi connectivity index (χ4n) is 2.21. The molecule has 1 aromatic rings. The van der Waals surface area contributed by atoms with Gasteiger partial charge in [-0.25, -0.2) is 4.68 Å². The van der Waals surface area contributed by atoms with Gasteiger partial charge >= 0.3 is 0 Å². The van der Waals surface area contributed by atoms with E-state index >= 15 is 0 Å². The lowest BCUT2D eigenvalue weighted by molar-refractivity contribution is 0.269. The molecule has 0 aromatic carbocycles. The molecule has 84 valence electrons. The number of rotatable bonds is 4. The molecule has 4 nitrogen and oxygen atoms in total. The highest BCUT2D eigenvalue weighted by Crippen LogP contribution is 2.53. The maximum absolute atomic E-state index is 8.86. The van der Waals surface area contributed by atoms with Crippen molar-refractivity contribution < 1.29 is 5.11 Å². The number of anilines is 1. The largest absolute Gasteiger partial charge is 0.394 e. The van der Waals surface area contributed by atoms with Crippen LogP contribution in [0.4, 0.5) is 5.82 Å². The van der Waals surface area contributed by atoms with E-state index in [2.05, 4.69) is 18.9 Å². The van der Waals surface area contributed by atoms with Crippen LogP contribution < -0.4 is 5.73 Å². The van der Waals surface area contributed by atoms with Crippen molar-refractivity contribution in [3.05, 3.63) is 11.8 Å². The van der Waals surface area contributed by atoms with Crippen molar-refractivity contribution in [3.8, 4) is 0 Å². The highest BCUT2D eigenvalue weighted by Gasteiger charge is 2.48. The summed E-state index contributed by atoms with van der Waals surface area (Å²) in [5.74, 6) is 1.26. The molecule has 1 heterocycles. The van der Waals surface area contributed by atoms with E-state index in [-0.39, 0.29) is 12.0 Å². The molecule has 1 fully saturated rings. The van der Waals surface area contributed by atoms with Gasteiger partial charge in [-0.3, -0.25) is 0 Å². The Labute approximate surface area is 90.1 Å². The first-order valence-corrected chi connectivity index (χ1v) is 5.55. The Morgan fingerprint density at radius 2 is 2.27 bits per heavy atom. The summed E-state index contributed by atoms with van der Waals surface area (Å²) in [6, 6.07) is 1.96. The van der Waals surface area contributed by atoms with Crippen LogP contribution in [0, 0.1) is 5.92 Å². The van der Waals surface area contributed by atoms with E-state index < -0.39 is 0 Å². The number of aliphatic hydroxyl groups is 1. The molecule has 4 heteroatoms. The molecule has 0 radical (unpaired) electrons. The summed E-state index contributed by atoms with van der Waals surface area (Å²) in [5, 5.41) is 13.4. The first-order chi connectivity index (χ1) is 7.10. The lowest BCUT2D eigenvalue weighted by Gasteiger charge is -2.16. The van der Waals surface area contributed by atoms with Gasteiger partial charge in [-0.05, 0) is 18.8 Å². The predicted molar refractivity (Wildman–Crippen MR) is 59.5 cm³/mol. The molecule has 2 rings (SSSR count). The highest BCUT2D eigenvalue weighted by atomic mass is 16.3. The number of hydrogen-bond acceptors (Lipinski definition) is 3. The van der Waals surface area contributed by atoms with E-state index in [1.54, 1.807) is 4.68 Å². The maximum Gasteiger partial charge on any atom is 0.122 e. The van der Waals surface area contributed by atoms with Crippen molar-refractivity contribution >= 4 is 5.82 Å². The number of nitrogens with two attached hydrogens (primary N) is 1. The summed E-state index contributed by atoms with van der Waals surface area (Å²) >= 11 is 0. The zero-order chi connectivity index (χ0) is 11.1. The molecule has 0 spiro atoms. The zero-order valence-corrected chi connectivity index (χ0v) is 9.40. The van der Waals surface area contributed by atoms with Crippen LogP contribution in [0.15, 0.2) is 6.07 Å². The van der Waals surface area contributed by atoms with Crippen LogP contribution in [0.3, 0.4) is 0 Å². The smallest absolute Gasteiger partial charge is 0.122 e. The summed E-state index contributed by atoms with van der Waals surface area (Å²) in [7, 11) is 0. The van der Waals surface area contributed by atoms with E-state index in [4.69, 9.17) is 10.8 Å². The van der Waals surface area contributed by atoms with Crippen molar-refractivity contribution in [1.82, 2.24) is 9.78 Å². The van der Waals surface area contributed by atoms with E-state index in [9.17, 15) is 0 Å². The van der Waals surface area contributed by atoms with Gasteiger partial charge in [-0.15, -0.1) is 0 Å². The van der Waals surface area contributed by atoms with Crippen LogP contribution in [0.1, 0.15) is 32.4 Å². The Kier molecular flexibility index (Phi) is 2.46. The molecule has 0 saturated heterocycles. The van der Waals surface area contributed by atoms with Gasteiger partial charge in [0, 0.05) is 11.5 Å². The summed E-state index contributed by atoms with van der Waals surface area (Å²) in [6.45, 7) is 5.03. The third kappa shape index (κ3) is 1.63. The molecular formula is C11H19N3O. The van der Waals surface area contributed by atoms with Crippen molar-refractivity contribution in [1.29, 1.82) is 0 Å². The summed E-state index contributed by atoms with van der Waals surface area (Å²) < 4.78 is 1.69. The molecular weight excluding hydrogens is 190 g/mol.